The molecule has 3 rings (SSSR count). The number of Topliss-reactive ketones (excluding diaryl/α,β-unsaturated/α-hetero) is 1. The van der Waals surface area contributed by atoms with Crippen LogP contribution in [-0.2, 0) is 19.4 Å². The van der Waals surface area contributed by atoms with Crippen molar-refractivity contribution in [1.82, 2.24) is 9.78 Å². The summed E-state index contributed by atoms with van der Waals surface area (Å²) in [4.78, 5) is 24.6. The van der Waals surface area contributed by atoms with Crippen LogP contribution in [-0.4, -0.2) is 62.3 Å². The van der Waals surface area contributed by atoms with Crippen LogP contribution < -0.4 is 9.47 Å². The highest BCUT2D eigenvalue weighted by molar-refractivity contribution is 7.91. The number of methoxy groups -OCH3 is 2. The van der Waals surface area contributed by atoms with Gasteiger partial charge in [-0.15, -0.1) is 0 Å². The molecule has 1 aromatic carbocycles. The molecule has 2 aromatic rings. The van der Waals surface area contributed by atoms with Crippen molar-refractivity contribution >= 4 is 39.3 Å². The number of carbonyl (C=O) groups excluding carboxylic acids is 2. The summed E-state index contributed by atoms with van der Waals surface area (Å²) in [5.74, 6) is -0.312. The maximum absolute atomic E-state index is 12.5. The number of ketones is 1. The summed E-state index contributed by atoms with van der Waals surface area (Å²) >= 11 is 6.38. The van der Waals surface area contributed by atoms with E-state index in [1.165, 1.54) is 31.0 Å². The number of esters is 1. The minimum Gasteiger partial charge on any atom is -0.497 e. The molecular formula is C21H23ClN2O7S. The zero-order valence-corrected chi connectivity index (χ0v) is 19.4. The molecule has 1 atom stereocenters. The molecule has 1 aromatic heterocycles. The van der Waals surface area contributed by atoms with Crippen molar-refractivity contribution in [3.05, 3.63) is 46.2 Å². The van der Waals surface area contributed by atoms with Crippen molar-refractivity contribution in [3.8, 4) is 11.5 Å². The lowest BCUT2D eigenvalue weighted by atomic mass is 10.1. The molecule has 1 fully saturated rings. The molecule has 11 heteroatoms. The molecule has 1 aliphatic rings. The molecule has 1 saturated heterocycles. The molecule has 0 unspecified atom stereocenters. The van der Waals surface area contributed by atoms with E-state index >= 15 is 0 Å². The number of aromatic nitrogens is 2. The molecule has 0 amide bonds. The summed E-state index contributed by atoms with van der Waals surface area (Å²) in [5.41, 5.74) is 1.25. The van der Waals surface area contributed by atoms with Gasteiger partial charge in [0.25, 0.3) is 0 Å². The van der Waals surface area contributed by atoms with E-state index in [0.29, 0.717) is 29.2 Å². The molecule has 0 spiro atoms. The van der Waals surface area contributed by atoms with Gasteiger partial charge in [-0.3, -0.25) is 4.79 Å². The summed E-state index contributed by atoms with van der Waals surface area (Å²) in [6, 6.07) is 4.41. The number of nitrogens with zero attached hydrogens (tertiary/aromatic N) is 2. The predicted octanol–water partition coefficient (Wildman–Crippen LogP) is 2.66. The van der Waals surface area contributed by atoms with Gasteiger partial charge in [0, 0.05) is 11.6 Å². The number of benzene rings is 1. The SMILES string of the molecule is COc1ccc(OC)c(C(=O)COC(=O)/C=C/c2c(C)nn([C@H]3CCS(=O)(=O)C3)c2Cl)c1. The zero-order valence-electron chi connectivity index (χ0n) is 17.8. The first-order valence-electron chi connectivity index (χ1n) is 9.70. The van der Waals surface area contributed by atoms with Crippen molar-refractivity contribution in [2.45, 2.75) is 19.4 Å². The van der Waals surface area contributed by atoms with E-state index in [-0.39, 0.29) is 28.3 Å². The van der Waals surface area contributed by atoms with E-state index in [9.17, 15) is 18.0 Å². The number of halogens is 1. The average molecular weight is 483 g/mol. The van der Waals surface area contributed by atoms with Crippen LogP contribution in [0.2, 0.25) is 5.15 Å². The lowest BCUT2D eigenvalue weighted by molar-refractivity contribution is -0.136. The normalized spacial score (nSPS) is 17.4. The molecular weight excluding hydrogens is 460 g/mol. The topological polar surface area (TPSA) is 114 Å². The Kier molecular flexibility index (Phi) is 7.25. The van der Waals surface area contributed by atoms with Crippen LogP contribution in [0.1, 0.15) is 34.1 Å². The Morgan fingerprint density at radius 2 is 2.03 bits per heavy atom. The lowest BCUT2D eigenvalue weighted by Crippen LogP contribution is -2.13. The fourth-order valence-corrected chi connectivity index (χ4v) is 5.45. The molecule has 172 valence electrons. The Labute approximate surface area is 190 Å². The van der Waals surface area contributed by atoms with E-state index in [1.54, 1.807) is 19.1 Å². The highest BCUT2D eigenvalue weighted by Gasteiger charge is 2.31. The summed E-state index contributed by atoms with van der Waals surface area (Å²) in [5, 5.41) is 4.56. The molecule has 0 radical (unpaired) electrons. The second-order valence-corrected chi connectivity index (χ2v) is 9.81. The van der Waals surface area contributed by atoms with Crippen LogP contribution in [0.15, 0.2) is 24.3 Å². The largest absolute Gasteiger partial charge is 0.497 e. The maximum atomic E-state index is 12.5. The molecule has 1 aliphatic heterocycles. The van der Waals surface area contributed by atoms with Gasteiger partial charge in [0.1, 0.15) is 16.7 Å². The Morgan fingerprint density at radius 1 is 1.28 bits per heavy atom. The van der Waals surface area contributed by atoms with Gasteiger partial charge < -0.3 is 14.2 Å². The van der Waals surface area contributed by atoms with Crippen molar-refractivity contribution in [2.75, 3.05) is 32.3 Å². The lowest BCUT2D eigenvalue weighted by Gasteiger charge is -2.09. The number of carbonyl (C=O) groups is 2. The second kappa shape index (κ2) is 9.74. The minimum atomic E-state index is -3.10. The average Bonchev–Trinajstić information content (AvgIpc) is 3.27. The van der Waals surface area contributed by atoms with Crippen molar-refractivity contribution in [3.63, 3.8) is 0 Å². The van der Waals surface area contributed by atoms with Gasteiger partial charge in [-0.2, -0.15) is 5.10 Å². The van der Waals surface area contributed by atoms with Gasteiger partial charge in [-0.1, -0.05) is 11.6 Å². The number of sulfone groups is 1. The molecule has 9 nitrogen and oxygen atoms in total. The maximum Gasteiger partial charge on any atom is 0.331 e. The van der Waals surface area contributed by atoms with E-state index in [2.05, 4.69) is 5.10 Å². The molecule has 0 saturated carbocycles. The van der Waals surface area contributed by atoms with E-state index in [1.807, 2.05) is 0 Å². The first-order valence-corrected chi connectivity index (χ1v) is 11.9. The van der Waals surface area contributed by atoms with Gasteiger partial charge >= 0.3 is 5.97 Å². The van der Waals surface area contributed by atoms with E-state index < -0.39 is 28.2 Å². The van der Waals surface area contributed by atoms with Gasteiger partial charge in [0.15, 0.2) is 16.4 Å². The van der Waals surface area contributed by atoms with Crippen LogP contribution in [0.5, 0.6) is 11.5 Å². The second-order valence-electron chi connectivity index (χ2n) is 7.22. The van der Waals surface area contributed by atoms with Crippen molar-refractivity contribution in [1.29, 1.82) is 0 Å². The van der Waals surface area contributed by atoms with Crippen LogP contribution in [0.25, 0.3) is 6.08 Å². The Hall–Kier alpha value is -2.85. The Bertz CT molecular complexity index is 1170. The van der Waals surface area contributed by atoms with Crippen LogP contribution >= 0.6 is 11.6 Å². The summed E-state index contributed by atoms with van der Waals surface area (Å²) in [6.45, 7) is 1.22. The number of hydrogen-bond acceptors (Lipinski definition) is 8. The first-order chi connectivity index (χ1) is 15.1. The van der Waals surface area contributed by atoms with Crippen molar-refractivity contribution < 1.29 is 32.2 Å². The fraction of sp³-hybridized carbons (Fsp3) is 0.381. The van der Waals surface area contributed by atoms with Crippen LogP contribution in [0, 0.1) is 6.92 Å². The van der Waals surface area contributed by atoms with Gasteiger partial charge in [-0.25, -0.2) is 17.9 Å². The number of aryl methyl sites for hydroxylation is 1. The fourth-order valence-electron chi connectivity index (χ4n) is 3.38. The summed E-state index contributed by atoms with van der Waals surface area (Å²) < 4.78 is 40.3. The third-order valence-corrected chi connectivity index (χ3v) is 7.19. The molecule has 0 N–H and O–H groups in total. The molecule has 2 heterocycles. The summed E-state index contributed by atoms with van der Waals surface area (Å²) in [7, 11) is -0.193. The van der Waals surface area contributed by atoms with Crippen LogP contribution in [0.4, 0.5) is 0 Å². The quantitative estimate of drug-likeness (QED) is 0.320. The highest BCUT2D eigenvalue weighted by Crippen LogP contribution is 2.30. The third kappa shape index (κ3) is 5.31. The number of hydrogen-bond donors (Lipinski definition) is 0. The number of rotatable bonds is 8. The molecule has 0 aliphatic carbocycles. The summed E-state index contributed by atoms with van der Waals surface area (Å²) in [6.07, 6.45) is 3.01. The first kappa shape index (κ1) is 23.8. The Morgan fingerprint density at radius 3 is 2.66 bits per heavy atom. The predicted molar refractivity (Wildman–Crippen MR) is 118 cm³/mol. The van der Waals surface area contributed by atoms with Gasteiger partial charge in [-0.05, 0) is 37.6 Å². The molecule has 32 heavy (non-hydrogen) atoms. The number of ether oxygens (including phenoxy) is 3. The standard InChI is InChI=1S/C21H23ClN2O7S/c1-13-16(21(22)24(23-13)14-8-9-32(27,28)12-14)5-7-20(26)31-11-18(25)17-10-15(29-2)4-6-19(17)30-3/h4-7,10,14H,8-9,11-12H2,1-3H3/b7-5+/t14-/m0/s1. The minimum absolute atomic E-state index is 0.0190. The monoisotopic (exact) mass is 482 g/mol. The van der Waals surface area contributed by atoms with Crippen LogP contribution in [0.3, 0.4) is 0 Å². The van der Waals surface area contributed by atoms with Gasteiger partial charge in [0.2, 0.25) is 5.78 Å². The third-order valence-electron chi connectivity index (χ3n) is 5.06. The van der Waals surface area contributed by atoms with E-state index in [0.717, 1.165) is 6.08 Å². The Balaban J connectivity index is 1.66. The van der Waals surface area contributed by atoms with Gasteiger partial charge in [0.05, 0.1) is 43.0 Å². The van der Waals surface area contributed by atoms with Crippen molar-refractivity contribution in [2.24, 2.45) is 0 Å². The smallest absolute Gasteiger partial charge is 0.331 e. The van der Waals surface area contributed by atoms with E-state index in [4.69, 9.17) is 25.8 Å². The molecule has 0 bridgehead atoms. The zero-order chi connectivity index (χ0) is 23.5. The highest BCUT2D eigenvalue weighted by atomic mass is 35.5.